The zero-order chi connectivity index (χ0) is 11.5. The molecule has 0 radical (unpaired) electrons. The molecule has 1 heterocycles. The van der Waals surface area contributed by atoms with Crippen molar-refractivity contribution >= 4 is 23.5 Å². The van der Waals surface area contributed by atoms with E-state index in [9.17, 15) is 4.79 Å². The second-order valence-corrected chi connectivity index (χ2v) is 3.89. The predicted molar refractivity (Wildman–Crippen MR) is 60.2 cm³/mol. The lowest BCUT2D eigenvalue weighted by Crippen LogP contribution is -2.75. The Balaban J connectivity index is 2.12. The summed E-state index contributed by atoms with van der Waals surface area (Å²) in [5, 5.41) is 0.677. The van der Waals surface area contributed by atoms with E-state index in [1.807, 2.05) is 12.1 Å². The van der Waals surface area contributed by atoms with Gasteiger partial charge in [0.1, 0.15) is 6.54 Å². The van der Waals surface area contributed by atoms with Gasteiger partial charge in [-0.15, -0.1) is 0 Å². The van der Waals surface area contributed by atoms with Crippen molar-refractivity contribution in [1.29, 1.82) is 0 Å². The van der Waals surface area contributed by atoms with Crippen molar-refractivity contribution in [3.8, 4) is 0 Å². The quantitative estimate of drug-likeness (QED) is 0.438. The fourth-order valence-corrected chi connectivity index (χ4v) is 1.67. The predicted octanol–water partition coefficient (Wildman–Crippen LogP) is -1.42. The molecule has 6 heteroatoms. The van der Waals surface area contributed by atoms with Crippen LogP contribution in [0.25, 0.3) is 0 Å². The Bertz CT molecular complexity index is 429. The number of nitrogens with two attached hydrogens (primary N) is 1. The van der Waals surface area contributed by atoms with Crippen LogP contribution in [-0.4, -0.2) is 23.3 Å². The van der Waals surface area contributed by atoms with Gasteiger partial charge in [0, 0.05) is 5.02 Å². The van der Waals surface area contributed by atoms with Gasteiger partial charge in [0.2, 0.25) is 0 Å². The summed E-state index contributed by atoms with van der Waals surface area (Å²) in [6, 6.07) is 7.34. The van der Waals surface area contributed by atoms with Crippen LogP contribution in [0, 0.1) is 0 Å². The van der Waals surface area contributed by atoms with E-state index in [0.717, 1.165) is 5.56 Å². The zero-order valence-electron chi connectivity index (χ0n) is 8.53. The minimum atomic E-state index is -0.0112. The largest absolute Gasteiger partial charge is 0.370 e. The van der Waals surface area contributed by atoms with Gasteiger partial charge in [0.25, 0.3) is 0 Å². The lowest BCUT2D eigenvalue weighted by molar-refractivity contribution is -0.440. The topological polar surface area (TPSA) is 72.3 Å². The highest BCUT2D eigenvalue weighted by Gasteiger charge is 2.31. The van der Waals surface area contributed by atoms with E-state index in [0.29, 0.717) is 17.5 Å². The molecule has 1 aliphatic heterocycles. The monoisotopic (exact) mass is 239 g/mol. The molecule has 0 saturated heterocycles. The van der Waals surface area contributed by atoms with Gasteiger partial charge in [-0.25, -0.2) is 5.43 Å². The number of carbonyl (C=O) groups is 1. The van der Waals surface area contributed by atoms with Gasteiger partial charge in [0.15, 0.2) is 6.54 Å². The third-order valence-corrected chi connectivity index (χ3v) is 2.62. The number of hydrogen-bond acceptors (Lipinski definition) is 3. The molecule has 0 saturated carbocycles. The first-order valence-corrected chi connectivity index (χ1v) is 5.21. The number of benzene rings is 1. The van der Waals surface area contributed by atoms with Gasteiger partial charge in [-0.1, -0.05) is 23.7 Å². The number of hydrazine groups is 1. The minimum absolute atomic E-state index is 0.0112. The maximum Gasteiger partial charge on any atom is 0.370 e. The Morgan fingerprint density at radius 1 is 1.44 bits per heavy atom. The van der Waals surface area contributed by atoms with Gasteiger partial charge < -0.3 is 0 Å². The smallest absolute Gasteiger partial charge is 0.265 e. The van der Waals surface area contributed by atoms with Crippen molar-refractivity contribution in [2.24, 2.45) is 5.84 Å². The third kappa shape index (κ3) is 2.15. The first kappa shape index (κ1) is 10.9. The molecule has 16 heavy (non-hydrogen) atoms. The third-order valence-electron chi connectivity index (χ3n) is 2.37. The summed E-state index contributed by atoms with van der Waals surface area (Å²) < 4.78 is 0. The minimum Gasteiger partial charge on any atom is -0.265 e. The van der Waals surface area contributed by atoms with Gasteiger partial charge in [-0.2, -0.15) is 10.7 Å². The van der Waals surface area contributed by atoms with Crippen LogP contribution in [0.5, 0.6) is 0 Å². The van der Waals surface area contributed by atoms with Crippen LogP contribution in [0.15, 0.2) is 24.3 Å². The number of rotatable bonds is 2. The molecule has 0 atom stereocenters. The fourth-order valence-electron chi connectivity index (χ4n) is 1.54. The molecule has 1 aromatic rings. The highest BCUT2D eigenvalue weighted by molar-refractivity contribution is 6.30. The summed E-state index contributed by atoms with van der Waals surface area (Å²) in [4.78, 5) is 16.0. The molecular formula is C10H12ClN4O+. The molecule has 84 valence electrons. The highest BCUT2D eigenvalue weighted by Crippen LogP contribution is 2.11. The molecule has 5 nitrogen and oxygen atoms in total. The molecular weight excluding hydrogens is 228 g/mol. The molecule has 0 unspecified atom stereocenters. The Kier molecular flexibility index (Phi) is 3.07. The Hall–Kier alpha value is -1.59. The lowest BCUT2D eigenvalue weighted by atomic mass is 10.2. The molecule has 1 aliphatic rings. The van der Waals surface area contributed by atoms with Crippen LogP contribution >= 0.6 is 11.6 Å². The molecule has 2 rings (SSSR count). The maximum absolute atomic E-state index is 11.5. The number of amides is 1. The zero-order valence-corrected chi connectivity index (χ0v) is 9.29. The average Bonchev–Trinajstić information content (AvgIpc) is 2.63. The van der Waals surface area contributed by atoms with Crippen LogP contribution in [-0.2, 0) is 11.3 Å². The number of nitrogens with one attached hydrogen (secondary N) is 2. The maximum atomic E-state index is 11.5. The number of guanidine groups is 1. The van der Waals surface area contributed by atoms with Crippen molar-refractivity contribution in [1.82, 2.24) is 10.3 Å². The van der Waals surface area contributed by atoms with Crippen LogP contribution in [0.4, 0.5) is 0 Å². The van der Waals surface area contributed by atoms with E-state index in [1.165, 1.54) is 0 Å². The van der Waals surface area contributed by atoms with Gasteiger partial charge in [-0.05, 0) is 17.7 Å². The number of halogens is 1. The van der Waals surface area contributed by atoms with E-state index in [1.54, 1.807) is 17.0 Å². The molecule has 0 aromatic heterocycles. The van der Waals surface area contributed by atoms with Crippen LogP contribution in [0.2, 0.25) is 5.02 Å². The van der Waals surface area contributed by atoms with Crippen molar-refractivity contribution in [3.05, 3.63) is 34.9 Å². The van der Waals surface area contributed by atoms with Crippen molar-refractivity contribution in [2.45, 2.75) is 6.54 Å². The average molecular weight is 240 g/mol. The Morgan fingerprint density at radius 3 is 2.75 bits per heavy atom. The molecule has 1 amide bonds. The Morgan fingerprint density at radius 2 is 2.12 bits per heavy atom. The van der Waals surface area contributed by atoms with E-state index in [2.05, 4.69) is 10.4 Å². The van der Waals surface area contributed by atoms with Crippen molar-refractivity contribution < 1.29 is 9.79 Å². The summed E-state index contributed by atoms with van der Waals surface area (Å²) in [6.45, 7) is 0.746. The summed E-state index contributed by atoms with van der Waals surface area (Å²) in [5.41, 5.74) is 3.46. The first-order valence-electron chi connectivity index (χ1n) is 4.83. The van der Waals surface area contributed by atoms with Crippen molar-refractivity contribution in [3.63, 3.8) is 0 Å². The number of hydrogen-bond donors (Lipinski definition) is 3. The van der Waals surface area contributed by atoms with Crippen LogP contribution < -0.4 is 16.3 Å². The standard InChI is InChI=1S/C10H11ClN4O/c11-8-3-1-7(2-4-8)6-15-9(16)5-13-10(15)14-12/h1-4H,5-6,12H2,(H,13,14)/p+1. The normalized spacial score (nSPS) is 15.2. The lowest BCUT2D eigenvalue weighted by Gasteiger charge is -2.10. The summed E-state index contributed by atoms with van der Waals surface area (Å²) in [5.74, 6) is 5.82. The molecule has 1 aromatic carbocycles. The van der Waals surface area contributed by atoms with Gasteiger partial charge >= 0.3 is 11.9 Å². The van der Waals surface area contributed by atoms with Gasteiger partial charge in [-0.3, -0.25) is 9.79 Å². The fraction of sp³-hybridized carbons (Fsp3) is 0.200. The van der Waals surface area contributed by atoms with Gasteiger partial charge in [0.05, 0.1) is 0 Å². The summed E-state index contributed by atoms with van der Waals surface area (Å²) >= 11 is 5.78. The second kappa shape index (κ2) is 4.51. The molecule has 4 N–H and O–H groups in total. The first-order chi connectivity index (χ1) is 7.70. The van der Waals surface area contributed by atoms with Crippen LogP contribution in [0.3, 0.4) is 0 Å². The SMILES string of the molecule is NNC1=[NH+]CC(=O)N1Cc1ccc(Cl)cc1. The summed E-state index contributed by atoms with van der Waals surface area (Å²) in [7, 11) is 0. The van der Waals surface area contributed by atoms with E-state index >= 15 is 0 Å². The highest BCUT2D eigenvalue weighted by atomic mass is 35.5. The molecule has 0 aliphatic carbocycles. The summed E-state index contributed by atoms with van der Waals surface area (Å²) in [6.07, 6.45) is 0. The van der Waals surface area contributed by atoms with Crippen LogP contribution in [0.1, 0.15) is 5.56 Å². The molecule has 0 spiro atoms. The number of nitrogens with zero attached hydrogens (tertiary/aromatic N) is 1. The molecule has 0 fully saturated rings. The Labute approximate surface area is 97.9 Å². The van der Waals surface area contributed by atoms with E-state index in [-0.39, 0.29) is 12.5 Å². The second-order valence-electron chi connectivity index (χ2n) is 3.45. The van der Waals surface area contributed by atoms with E-state index < -0.39 is 0 Å². The number of carbonyl (C=O) groups excluding carboxylic acids is 1. The van der Waals surface area contributed by atoms with Crippen molar-refractivity contribution in [2.75, 3.05) is 6.54 Å². The molecule has 0 bridgehead atoms. The van der Waals surface area contributed by atoms with E-state index in [4.69, 9.17) is 17.4 Å².